The van der Waals surface area contributed by atoms with Gasteiger partial charge in [0.1, 0.15) is 5.65 Å². The topological polar surface area (TPSA) is 129 Å². The van der Waals surface area contributed by atoms with Gasteiger partial charge in [0, 0.05) is 51.3 Å². The molecular weight excluding hydrogens is 471 g/mol. The van der Waals surface area contributed by atoms with Crippen molar-refractivity contribution in [2.24, 2.45) is 0 Å². The van der Waals surface area contributed by atoms with Gasteiger partial charge in [-0.25, -0.2) is 14.8 Å². The average molecular weight is 495 g/mol. The smallest absolute Gasteiger partial charge is 0.379 e. The van der Waals surface area contributed by atoms with Crippen molar-refractivity contribution in [2.45, 2.75) is 26.1 Å². The lowest BCUT2D eigenvalue weighted by Gasteiger charge is -2.34. The predicted molar refractivity (Wildman–Crippen MR) is 119 cm³/mol. The van der Waals surface area contributed by atoms with Crippen LogP contribution in [-0.4, -0.2) is 74.7 Å². The second-order valence-electron chi connectivity index (χ2n) is 8.14. The number of amides is 1. The van der Waals surface area contributed by atoms with Crippen molar-refractivity contribution in [2.75, 3.05) is 44.3 Å². The van der Waals surface area contributed by atoms with Gasteiger partial charge in [0.2, 0.25) is 11.9 Å². The molecule has 0 unspecified atom stereocenters. The minimum atomic E-state index is -4.49. The van der Waals surface area contributed by atoms with Gasteiger partial charge in [-0.3, -0.25) is 19.6 Å². The summed E-state index contributed by atoms with van der Waals surface area (Å²) in [5, 5.41) is 0.417. The van der Waals surface area contributed by atoms with Gasteiger partial charge in [-0.1, -0.05) is 0 Å². The summed E-state index contributed by atoms with van der Waals surface area (Å²) in [5.41, 5.74) is -0.786. The second kappa shape index (κ2) is 9.90. The number of nitrogens with one attached hydrogen (secondary N) is 2. The quantitative estimate of drug-likeness (QED) is 0.466. The lowest BCUT2D eigenvalue weighted by molar-refractivity contribution is -0.138. The van der Waals surface area contributed by atoms with Crippen LogP contribution in [0.25, 0.3) is 11.0 Å². The molecule has 0 saturated carbocycles. The van der Waals surface area contributed by atoms with E-state index in [9.17, 15) is 27.6 Å². The number of piperazine rings is 1. The minimum absolute atomic E-state index is 0.0869. The summed E-state index contributed by atoms with van der Waals surface area (Å²) < 4.78 is 45.3. The Balaban J connectivity index is 1.20. The summed E-state index contributed by atoms with van der Waals surface area (Å²) in [6, 6.07) is 0. The highest BCUT2D eigenvalue weighted by Gasteiger charge is 2.32. The molecular formula is C21H24F3N7O4. The molecule has 188 valence electrons. The highest BCUT2D eigenvalue weighted by Crippen LogP contribution is 2.28. The van der Waals surface area contributed by atoms with E-state index in [1.165, 1.54) is 0 Å². The van der Waals surface area contributed by atoms with Crippen molar-refractivity contribution in [1.82, 2.24) is 29.4 Å². The van der Waals surface area contributed by atoms with E-state index in [0.29, 0.717) is 43.8 Å². The van der Waals surface area contributed by atoms with Crippen molar-refractivity contribution < 1.29 is 22.7 Å². The molecule has 0 bridgehead atoms. The second-order valence-corrected chi connectivity index (χ2v) is 8.14. The maximum atomic E-state index is 12.7. The molecule has 1 amide bonds. The maximum absolute atomic E-state index is 12.7. The predicted octanol–water partition coefficient (Wildman–Crippen LogP) is 0.891. The Morgan fingerprint density at radius 2 is 1.77 bits per heavy atom. The Hall–Kier alpha value is -3.68. The van der Waals surface area contributed by atoms with E-state index in [2.05, 4.69) is 19.9 Å². The molecule has 2 N–H and O–H groups in total. The molecule has 0 aromatic carbocycles. The zero-order chi connectivity index (χ0) is 25.2. The summed E-state index contributed by atoms with van der Waals surface area (Å²) in [6.07, 6.45) is -1.04. The molecule has 11 nitrogen and oxygen atoms in total. The van der Waals surface area contributed by atoms with Crippen LogP contribution in [0.5, 0.6) is 0 Å². The monoisotopic (exact) mass is 495 g/mol. The van der Waals surface area contributed by atoms with Gasteiger partial charge in [0.05, 0.1) is 30.6 Å². The van der Waals surface area contributed by atoms with Crippen molar-refractivity contribution in [3.63, 3.8) is 0 Å². The van der Waals surface area contributed by atoms with Crippen molar-refractivity contribution in [3.05, 3.63) is 50.6 Å². The number of fused-ring (bicyclic) bond motifs is 1. The minimum Gasteiger partial charge on any atom is -0.379 e. The Morgan fingerprint density at radius 3 is 2.43 bits per heavy atom. The summed E-state index contributed by atoms with van der Waals surface area (Å²) in [6.45, 7) is 4.28. The third kappa shape index (κ3) is 5.53. The fourth-order valence-corrected chi connectivity index (χ4v) is 3.96. The average Bonchev–Trinajstić information content (AvgIpc) is 3.13. The molecule has 3 aromatic heterocycles. The standard InChI is InChI=1S/C21H24F3N7O4/c1-13-12-31(17-16(13)18(33)28-20(34)27-17)7-9-35-8-2-15(32)29-3-5-30(6-4-29)19-25-10-14(11-26-19)21(22,23)24/h10-12H,2-9H2,1H3,(H2,27,28,33,34). The summed E-state index contributed by atoms with van der Waals surface area (Å²) >= 11 is 0. The van der Waals surface area contributed by atoms with Gasteiger partial charge >= 0.3 is 11.9 Å². The Bertz CT molecular complexity index is 1310. The number of hydrogen-bond donors (Lipinski definition) is 2. The Morgan fingerprint density at radius 1 is 1.09 bits per heavy atom. The first-order valence-corrected chi connectivity index (χ1v) is 11.0. The molecule has 1 fully saturated rings. The van der Waals surface area contributed by atoms with Crippen LogP contribution in [-0.2, 0) is 22.3 Å². The largest absolute Gasteiger partial charge is 0.419 e. The van der Waals surface area contributed by atoms with Crippen LogP contribution in [0.15, 0.2) is 28.2 Å². The number of aromatic amines is 2. The van der Waals surface area contributed by atoms with Crippen LogP contribution >= 0.6 is 0 Å². The van der Waals surface area contributed by atoms with Gasteiger partial charge in [-0.2, -0.15) is 13.2 Å². The third-order valence-corrected chi connectivity index (χ3v) is 5.77. The van der Waals surface area contributed by atoms with Crippen molar-refractivity contribution >= 4 is 22.9 Å². The zero-order valence-electron chi connectivity index (χ0n) is 18.9. The Labute approximate surface area is 196 Å². The number of nitrogens with zero attached hydrogens (tertiary/aromatic N) is 5. The number of anilines is 1. The third-order valence-electron chi connectivity index (χ3n) is 5.77. The number of carbonyl (C=O) groups excluding carboxylic acids is 1. The van der Waals surface area contributed by atoms with Crippen LogP contribution < -0.4 is 16.1 Å². The molecule has 4 heterocycles. The molecule has 1 aliphatic heterocycles. The van der Waals surface area contributed by atoms with Crippen LogP contribution in [0.2, 0.25) is 0 Å². The van der Waals surface area contributed by atoms with E-state index in [-0.39, 0.29) is 31.5 Å². The molecule has 3 aromatic rings. The zero-order valence-corrected chi connectivity index (χ0v) is 18.9. The molecule has 4 rings (SSSR count). The van der Waals surface area contributed by atoms with Gasteiger partial charge in [0.15, 0.2) is 0 Å². The molecule has 1 saturated heterocycles. The van der Waals surface area contributed by atoms with E-state index in [4.69, 9.17) is 4.74 Å². The van der Waals surface area contributed by atoms with Gasteiger partial charge < -0.3 is 19.1 Å². The molecule has 35 heavy (non-hydrogen) atoms. The number of aromatic nitrogens is 5. The first-order valence-electron chi connectivity index (χ1n) is 11.0. The first-order chi connectivity index (χ1) is 16.6. The number of alkyl halides is 3. The van der Waals surface area contributed by atoms with Crippen molar-refractivity contribution in [1.29, 1.82) is 0 Å². The maximum Gasteiger partial charge on any atom is 0.419 e. The van der Waals surface area contributed by atoms with Crippen molar-refractivity contribution in [3.8, 4) is 0 Å². The number of ether oxygens (including phenoxy) is 1. The Kier molecular flexibility index (Phi) is 6.91. The molecule has 0 atom stereocenters. The molecule has 0 spiro atoms. The molecule has 14 heteroatoms. The first kappa shape index (κ1) is 24.4. The molecule has 0 radical (unpaired) electrons. The van der Waals surface area contributed by atoms with E-state index in [1.54, 1.807) is 27.5 Å². The van der Waals surface area contributed by atoms with Crippen LogP contribution in [0, 0.1) is 6.92 Å². The van der Waals surface area contributed by atoms with E-state index < -0.39 is 23.0 Å². The highest BCUT2D eigenvalue weighted by molar-refractivity contribution is 5.79. The van der Waals surface area contributed by atoms with Crippen LogP contribution in [0.3, 0.4) is 0 Å². The normalized spacial score (nSPS) is 14.6. The number of hydrogen-bond acceptors (Lipinski definition) is 7. The van der Waals surface area contributed by atoms with Gasteiger partial charge in [0.25, 0.3) is 5.56 Å². The van der Waals surface area contributed by atoms with Gasteiger partial charge in [-0.05, 0) is 12.5 Å². The number of aryl methyl sites for hydroxylation is 1. The summed E-state index contributed by atoms with van der Waals surface area (Å²) in [7, 11) is 0. The molecule has 0 aliphatic carbocycles. The highest BCUT2D eigenvalue weighted by atomic mass is 19.4. The van der Waals surface area contributed by atoms with E-state index in [1.807, 2.05) is 0 Å². The summed E-state index contributed by atoms with van der Waals surface area (Å²) in [5.74, 6) is 0.112. The summed E-state index contributed by atoms with van der Waals surface area (Å²) in [4.78, 5) is 51.8. The van der Waals surface area contributed by atoms with Crippen LogP contribution in [0.1, 0.15) is 17.5 Å². The fourth-order valence-electron chi connectivity index (χ4n) is 3.96. The fraction of sp³-hybridized carbons (Fsp3) is 0.476. The van der Waals surface area contributed by atoms with E-state index >= 15 is 0 Å². The number of rotatable bonds is 7. The SMILES string of the molecule is Cc1cn(CCOCCC(=O)N2CCN(c3ncc(C(F)(F)F)cn3)CC2)c2[nH]c(=O)[nH]c(=O)c12. The lowest BCUT2D eigenvalue weighted by Crippen LogP contribution is -2.49. The lowest BCUT2D eigenvalue weighted by atomic mass is 10.3. The number of carbonyl (C=O) groups is 1. The van der Waals surface area contributed by atoms with Crippen LogP contribution in [0.4, 0.5) is 19.1 Å². The number of halogens is 3. The molecule has 1 aliphatic rings. The van der Waals surface area contributed by atoms with Gasteiger partial charge in [-0.15, -0.1) is 0 Å². The van der Waals surface area contributed by atoms with E-state index in [0.717, 1.165) is 18.0 Å². The number of H-pyrrole nitrogens is 2.